The van der Waals surface area contributed by atoms with Crippen molar-refractivity contribution in [1.82, 2.24) is 0 Å². The highest BCUT2D eigenvalue weighted by atomic mass is 35.5. The molecule has 0 aliphatic carbocycles. The lowest BCUT2D eigenvalue weighted by Gasteiger charge is -1.77. The second kappa shape index (κ2) is 3.48. The zero-order valence-electron chi connectivity index (χ0n) is 4.67. The van der Waals surface area contributed by atoms with E-state index in [-0.39, 0.29) is 12.4 Å². The number of rotatable bonds is 1. The fraction of sp³-hybridized carbons (Fsp3) is 0. The summed E-state index contributed by atoms with van der Waals surface area (Å²) in [5, 5.41) is 7.20. The van der Waals surface area contributed by atoms with Crippen molar-refractivity contribution in [3.63, 3.8) is 0 Å². The fourth-order valence-electron chi connectivity index (χ4n) is 0.443. The van der Waals surface area contributed by atoms with E-state index in [2.05, 4.69) is 0 Å². The molecule has 9 heavy (non-hydrogen) atoms. The predicted octanol–water partition coefficient (Wildman–Crippen LogP) is -3.78. The summed E-state index contributed by atoms with van der Waals surface area (Å²) in [5.74, 6) is 0.403. The first-order valence-electron chi connectivity index (χ1n) is 2.22. The van der Waals surface area contributed by atoms with Crippen LogP contribution in [0.5, 0.6) is 0 Å². The zero-order valence-corrected chi connectivity index (χ0v) is 6.25. The summed E-state index contributed by atoms with van der Waals surface area (Å²) in [4.78, 5) is 0.949. The first-order valence-corrected chi connectivity index (χ1v) is 3.10. The van der Waals surface area contributed by atoms with Gasteiger partial charge in [-0.1, -0.05) is 6.07 Å². The molecule has 0 saturated heterocycles. The predicted molar refractivity (Wildman–Crippen MR) is 34.5 cm³/mol. The monoisotopic (exact) mass is 162 g/mol. The molecule has 1 heterocycles. The minimum Gasteiger partial charge on any atom is -1.00 e. The van der Waals surface area contributed by atoms with Gasteiger partial charge in [0.15, 0.2) is 0 Å². The molecule has 0 atom stereocenters. The molecule has 2 nitrogen and oxygen atoms in total. The number of thiophene rings is 1. The minimum absolute atomic E-state index is 0. The molecule has 0 aromatic carbocycles. The van der Waals surface area contributed by atoms with Gasteiger partial charge in [-0.3, -0.25) is 11.1 Å². The Morgan fingerprint density at radius 2 is 2.33 bits per heavy atom. The van der Waals surface area contributed by atoms with Crippen LogP contribution in [0.2, 0.25) is 0 Å². The van der Waals surface area contributed by atoms with Crippen LogP contribution in [0.25, 0.3) is 0 Å². The largest absolute Gasteiger partial charge is 1.00 e. The maximum atomic E-state index is 5.26. The first kappa shape index (κ1) is 8.46. The Hall–Kier alpha value is -0.540. The molecule has 0 unspecified atom stereocenters. The molecule has 1 aromatic rings. The van der Waals surface area contributed by atoms with Gasteiger partial charge in [-0.2, -0.15) is 0 Å². The van der Waals surface area contributed by atoms with Gasteiger partial charge in [0.25, 0.3) is 5.84 Å². The van der Waals surface area contributed by atoms with Gasteiger partial charge in [0.2, 0.25) is 0 Å². The summed E-state index contributed by atoms with van der Waals surface area (Å²) in [5.41, 5.74) is 5.26. The Morgan fingerprint density at radius 1 is 1.67 bits per heavy atom. The van der Waals surface area contributed by atoms with E-state index in [9.17, 15) is 0 Å². The maximum absolute atomic E-state index is 5.26. The zero-order chi connectivity index (χ0) is 5.98. The Morgan fingerprint density at radius 3 is 2.56 bits per heavy atom. The van der Waals surface area contributed by atoms with E-state index in [1.165, 1.54) is 0 Å². The van der Waals surface area contributed by atoms with Gasteiger partial charge < -0.3 is 12.4 Å². The van der Waals surface area contributed by atoms with Crippen LogP contribution in [0, 0.1) is 0 Å². The molecule has 4 heteroatoms. The Kier molecular flexibility index (Phi) is 3.27. The summed E-state index contributed by atoms with van der Waals surface area (Å²) in [6, 6.07) is 3.81. The van der Waals surface area contributed by atoms with Crippen LogP contribution in [-0.2, 0) is 0 Å². The van der Waals surface area contributed by atoms with Crippen molar-refractivity contribution in [3.8, 4) is 0 Å². The maximum Gasteiger partial charge on any atom is 0.280 e. The summed E-state index contributed by atoms with van der Waals surface area (Å²) < 4.78 is 0. The lowest BCUT2D eigenvalue weighted by atomic mass is 10.4. The molecule has 0 saturated carbocycles. The molecule has 0 aliphatic rings. The molecule has 0 aliphatic heterocycles. The molecule has 4 N–H and O–H groups in total. The lowest BCUT2D eigenvalue weighted by molar-refractivity contribution is -0.113. The van der Waals surface area contributed by atoms with Gasteiger partial charge in [0.05, 0.1) is 0 Å². The number of hydrogen-bond donors (Lipinski definition) is 2. The Labute approximate surface area is 63.6 Å². The summed E-state index contributed by atoms with van der Waals surface area (Å²) >= 11 is 1.54. The highest BCUT2D eigenvalue weighted by molar-refractivity contribution is 7.12. The average Bonchev–Trinajstić information content (AvgIpc) is 2.12. The summed E-state index contributed by atoms with van der Waals surface area (Å²) in [6.07, 6.45) is 0. The van der Waals surface area contributed by atoms with E-state index in [0.717, 1.165) is 4.88 Å². The van der Waals surface area contributed by atoms with Crippen molar-refractivity contribution in [2.24, 2.45) is 5.73 Å². The number of amidine groups is 1. The molecule has 1 rings (SSSR count). The van der Waals surface area contributed by atoms with Gasteiger partial charge in [-0.15, -0.1) is 11.3 Å². The second-order valence-corrected chi connectivity index (χ2v) is 2.38. The smallest absolute Gasteiger partial charge is 0.280 e. The highest BCUT2D eigenvalue weighted by Crippen LogP contribution is 2.04. The van der Waals surface area contributed by atoms with Gasteiger partial charge in [0.1, 0.15) is 4.88 Å². The minimum atomic E-state index is 0. The van der Waals surface area contributed by atoms with Crippen molar-refractivity contribution in [2.45, 2.75) is 0 Å². The van der Waals surface area contributed by atoms with Crippen molar-refractivity contribution < 1.29 is 17.8 Å². The lowest BCUT2D eigenvalue weighted by Crippen LogP contribution is -3.00. The molecule has 1 aromatic heterocycles. The van der Waals surface area contributed by atoms with Crippen LogP contribution in [-0.4, -0.2) is 5.84 Å². The van der Waals surface area contributed by atoms with Crippen LogP contribution < -0.4 is 23.5 Å². The first-order chi connectivity index (χ1) is 3.80. The van der Waals surface area contributed by atoms with Crippen molar-refractivity contribution in [1.29, 1.82) is 0 Å². The average molecular weight is 163 g/mol. The highest BCUT2D eigenvalue weighted by Gasteiger charge is 1.98. The van der Waals surface area contributed by atoms with E-state index in [1.807, 2.05) is 17.5 Å². The van der Waals surface area contributed by atoms with Crippen molar-refractivity contribution in [3.05, 3.63) is 22.4 Å². The molecule has 0 amide bonds. The second-order valence-electron chi connectivity index (χ2n) is 1.43. The Balaban J connectivity index is 0.000000640. The van der Waals surface area contributed by atoms with Gasteiger partial charge in [0, 0.05) is 0 Å². The molecule has 0 radical (unpaired) electrons. The molecular weight excluding hydrogens is 156 g/mol. The van der Waals surface area contributed by atoms with Crippen molar-refractivity contribution >= 4 is 17.2 Å². The normalized spacial score (nSPS) is 8.00. The Bertz CT molecular complexity index is 183. The van der Waals surface area contributed by atoms with E-state index < -0.39 is 0 Å². The van der Waals surface area contributed by atoms with Crippen LogP contribution in [0.15, 0.2) is 17.5 Å². The number of halogens is 1. The number of hydrogen-bond acceptors (Lipinski definition) is 1. The fourth-order valence-corrected chi connectivity index (χ4v) is 1.04. The topological polar surface area (TPSA) is 51.6 Å². The quantitative estimate of drug-likeness (QED) is 0.323. The summed E-state index contributed by atoms with van der Waals surface area (Å²) in [7, 11) is 0. The standard InChI is InChI=1S/C5H6N2S.ClH/c6-5(7)4-2-1-3-8-4;/h1-3H,(H3,6,7);1H. The molecule has 0 bridgehead atoms. The van der Waals surface area contributed by atoms with E-state index in [0.29, 0.717) is 5.84 Å². The van der Waals surface area contributed by atoms with Gasteiger partial charge in [-0.05, 0) is 11.4 Å². The third kappa shape index (κ3) is 2.03. The van der Waals surface area contributed by atoms with Crippen LogP contribution in [0.4, 0.5) is 0 Å². The molecule has 0 fully saturated rings. The van der Waals surface area contributed by atoms with E-state index >= 15 is 0 Å². The molecular formula is C5H7ClN2S. The SMILES string of the molecule is NC(=[NH2+])c1cccs1.[Cl-]. The summed E-state index contributed by atoms with van der Waals surface area (Å²) in [6.45, 7) is 0. The molecule has 0 spiro atoms. The number of nitrogens with two attached hydrogens (primary N) is 2. The van der Waals surface area contributed by atoms with Crippen LogP contribution in [0.3, 0.4) is 0 Å². The van der Waals surface area contributed by atoms with E-state index in [4.69, 9.17) is 11.1 Å². The van der Waals surface area contributed by atoms with Gasteiger partial charge >= 0.3 is 0 Å². The third-order valence-corrected chi connectivity index (χ3v) is 1.72. The van der Waals surface area contributed by atoms with Crippen LogP contribution in [0.1, 0.15) is 4.88 Å². The molecule has 50 valence electrons. The van der Waals surface area contributed by atoms with Crippen molar-refractivity contribution in [2.75, 3.05) is 0 Å². The van der Waals surface area contributed by atoms with E-state index in [1.54, 1.807) is 11.3 Å². The van der Waals surface area contributed by atoms with Gasteiger partial charge in [-0.25, -0.2) is 0 Å². The third-order valence-electron chi connectivity index (χ3n) is 0.806. The van der Waals surface area contributed by atoms with Crippen LogP contribution >= 0.6 is 11.3 Å².